The van der Waals surface area contributed by atoms with E-state index in [0.29, 0.717) is 13.2 Å². The van der Waals surface area contributed by atoms with Crippen LogP contribution in [-0.4, -0.2) is 52.5 Å². The number of alkyl halides is 3. The van der Waals surface area contributed by atoms with Crippen molar-refractivity contribution in [2.45, 2.75) is 58.4 Å². The van der Waals surface area contributed by atoms with E-state index in [1.807, 2.05) is 13.0 Å². The molecule has 2 saturated heterocycles. The predicted molar refractivity (Wildman–Crippen MR) is 115 cm³/mol. The molecule has 0 aliphatic carbocycles. The van der Waals surface area contributed by atoms with Gasteiger partial charge in [0.1, 0.15) is 11.4 Å². The van der Waals surface area contributed by atoms with Crippen LogP contribution in [-0.2, 0) is 6.18 Å². The zero-order valence-electron chi connectivity index (χ0n) is 18.7. The van der Waals surface area contributed by atoms with Gasteiger partial charge in [0.05, 0.1) is 12.2 Å². The van der Waals surface area contributed by atoms with E-state index >= 15 is 0 Å². The van der Waals surface area contributed by atoms with Crippen LogP contribution < -0.4 is 4.74 Å². The average Bonchev–Trinajstić information content (AvgIpc) is 3.37. The van der Waals surface area contributed by atoms with Crippen LogP contribution >= 0.6 is 0 Å². The third kappa shape index (κ3) is 3.96. The molecule has 1 amide bonds. The summed E-state index contributed by atoms with van der Waals surface area (Å²) in [7, 11) is 0. The molecular formula is C24H28F3N3O2. The third-order valence-electron chi connectivity index (χ3n) is 6.87. The van der Waals surface area contributed by atoms with E-state index in [1.165, 1.54) is 17.2 Å². The number of halogens is 3. The molecule has 2 fully saturated rings. The van der Waals surface area contributed by atoms with E-state index in [2.05, 4.69) is 36.7 Å². The molecule has 4 rings (SSSR count). The maximum Gasteiger partial charge on any atom is 0.433 e. The second-order valence-electron chi connectivity index (χ2n) is 8.64. The number of amides is 1. The molecule has 1 aromatic carbocycles. The van der Waals surface area contributed by atoms with Crippen LogP contribution in [0.4, 0.5) is 13.2 Å². The number of benzene rings is 1. The van der Waals surface area contributed by atoms with Crippen molar-refractivity contribution in [2.75, 3.05) is 19.7 Å². The molecule has 1 aromatic heterocycles. The first-order chi connectivity index (χ1) is 15.1. The zero-order chi connectivity index (χ0) is 23.2. The summed E-state index contributed by atoms with van der Waals surface area (Å²) in [4.78, 5) is 20.6. The molecule has 0 radical (unpaired) electrons. The van der Waals surface area contributed by atoms with E-state index < -0.39 is 11.9 Å². The Morgan fingerprint density at radius 2 is 1.91 bits per heavy atom. The summed E-state index contributed by atoms with van der Waals surface area (Å²) in [6.45, 7) is 10.3. The first-order valence-electron chi connectivity index (χ1n) is 10.9. The van der Waals surface area contributed by atoms with Gasteiger partial charge < -0.3 is 9.64 Å². The van der Waals surface area contributed by atoms with Crippen LogP contribution in [0, 0.1) is 13.8 Å². The Morgan fingerprint density at radius 3 is 2.47 bits per heavy atom. The van der Waals surface area contributed by atoms with E-state index in [0.717, 1.165) is 36.5 Å². The van der Waals surface area contributed by atoms with Gasteiger partial charge >= 0.3 is 6.18 Å². The Bertz CT molecular complexity index is 1010. The lowest BCUT2D eigenvalue weighted by Crippen LogP contribution is -2.49. The minimum Gasteiger partial charge on any atom is -0.494 e. The van der Waals surface area contributed by atoms with Gasteiger partial charge in [-0.3, -0.25) is 14.7 Å². The van der Waals surface area contributed by atoms with Crippen LogP contribution in [0.5, 0.6) is 5.75 Å². The molecule has 0 saturated carbocycles. The molecule has 32 heavy (non-hydrogen) atoms. The maximum atomic E-state index is 12.9. The number of hydrogen-bond acceptors (Lipinski definition) is 4. The van der Waals surface area contributed by atoms with E-state index in [9.17, 15) is 18.0 Å². The summed E-state index contributed by atoms with van der Waals surface area (Å²) >= 11 is 0. The number of ether oxygens (including phenoxy) is 1. The summed E-state index contributed by atoms with van der Waals surface area (Å²) in [5, 5.41) is 0. The van der Waals surface area contributed by atoms with Gasteiger partial charge in [0.25, 0.3) is 5.91 Å². The number of hydrogen-bond donors (Lipinski definition) is 0. The summed E-state index contributed by atoms with van der Waals surface area (Å²) in [5.74, 6) is 0.657. The lowest BCUT2D eigenvalue weighted by Gasteiger charge is -2.38. The van der Waals surface area contributed by atoms with Crippen molar-refractivity contribution in [3.8, 4) is 5.75 Å². The lowest BCUT2D eigenvalue weighted by atomic mass is 9.96. The number of carbonyl (C=O) groups excluding carboxylic acids is 1. The number of likely N-dealkylation sites (tertiary alicyclic amines) is 2. The van der Waals surface area contributed by atoms with Gasteiger partial charge in [0, 0.05) is 37.4 Å². The Morgan fingerprint density at radius 1 is 1.16 bits per heavy atom. The highest BCUT2D eigenvalue weighted by Crippen LogP contribution is 2.39. The first-order valence-corrected chi connectivity index (χ1v) is 10.9. The topological polar surface area (TPSA) is 45.7 Å². The van der Waals surface area contributed by atoms with Crippen molar-refractivity contribution in [3.63, 3.8) is 0 Å². The smallest absolute Gasteiger partial charge is 0.433 e. The number of pyridine rings is 1. The molecule has 2 bridgehead atoms. The van der Waals surface area contributed by atoms with E-state index in [4.69, 9.17) is 4.74 Å². The lowest BCUT2D eigenvalue weighted by molar-refractivity contribution is -0.141. The Labute approximate surface area is 186 Å². The molecular weight excluding hydrogens is 419 g/mol. The standard InChI is InChI=1S/C24H28F3N3O2/c1-5-32-21-8-7-20(14(2)15(21)3)16(4)29-12-19-10-18(29)13-30(19)23(31)17-6-9-22(28-11-17)24(25,26)27/h6-9,11,16,18-19H,5,10,12-13H2,1-4H3/t16-,18-,19-/m0/s1. The normalized spacial score (nSPS) is 21.8. The molecule has 2 aliphatic rings. The first kappa shape index (κ1) is 22.6. The van der Waals surface area contributed by atoms with Crippen molar-refractivity contribution in [3.05, 3.63) is 58.4 Å². The molecule has 2 aliphatic heterocycles. The third-order valence-corrected chi connectivity index (χ3v) is 6.87. The van der Waals surface area contributed by atoms with Gasteiger partial charge in [-0.25, -0.2) is 0 Å². The SMILES string of the molecule is CCOc1ccc([C@H](C)N2C[C@@H]3C[C@H]2CN3C(=O)c2ccc(C(F)(F)F)nc2)c(C)c1C. The van der Waals surface area contributed by atoms with E-state index in [-0.39, 0.29) is 29.6 Å². The summed E-state index contributed by atoms with van der Waals surface area (Å²) in [6, 6.07) is 6.72. The van der Waals surface area contributed by atoms with Crippen LogP contribution in [0.3, 0.4) is 0 Å². The van der Waals surface area contributed by atoms with Gasteiger partial charge in [0.15, 0.2) is 0 Å². The fraction of sp³-hybridized carbons (Fsp3) is 0.500. The Hall–Kier alpha value is -2.61. The molecule has 3 heterocycles. The highest BCUT2D eigenvalue weighted by molar-refractivity contribution is 5.94. The van der Waals surface area contributed by atoms with Gasteiger partial charge in [-0.05, 0) is 69.0 Å². The number of piperazine rings is 1. The summed E-state index contributed by atoms with van der Waals surface area (Å²) < 4.78 is 43.9. The second-order valence-corrected chi connectivity index (χ2v) is 8.64. The van der Waals surface area contributed by atoms with Crippen LogP contribution in [0.2, 0.25) is 0 Å². The van der Waals surface area contributed by atoms with Crippen molar-refractivity contribution < 1.29 is 22.7 Å². The van der Waals surface area contributed by atoms with E-state index in [1.54, 1.807) is 4.90 Å². The van der Waals surface area contributed by atoms with Crippen molar-refractivity contribution in [2.24, 2.45) is 0 Å². The molecule has 2 aromatic rings. The number of rotatable bonds is 5. The van der Waals surface area contributed by atoms with Crippen molar-refractivity contribution in [1.82, 2.24) is 14.8 Å². The minimum atomic E-state index is -4.51. The minimum absolute atomic E-state index is 0.0568. The van der Waals surface area contributed by atoms with Crippen LogP contribution in [0.1, 0.15) is 59.1 Å². The van der Waals surface area contributed by atoms with Crippen molar-refractivity contribution >= 4 is 5.91 Å². The predicted octanol–water partition coefficient (Wildman–Crippen LogP) is 4.78. The monoisotopic (exact) mass is 447 g/mol. The Kier molecular flexibility index (Phi) is 5.92. The molecule has 8 heteroatoms. The van der Waals surface area contributed by atoms with Gasteiger partial charge in [0.2, 0.25) is 0 Å². The number of aromatic nitrogens is 1. The number of fused-ring (bicyclic) bond motifs is 2. The highest BCUT2D eigenvalue weighted by atomic mass is 19.4. The molecule has 0 spiro atoms. The molecule has 0 N–H and O–H groups in total. The van der Waals surface area contributed by atoms with Gasteiger partial charge in [-0.15, -0.1) is 0 Å². The zero-order valence-corrected chi connectivity index (χ0v) is 18.7. The van der Waals surface area contributed by atoms with Gasteiger partial charge in [-0.2, -0.15) is 13.2 Å². The highest BCUT2D eigenvalue weighted by Gasteiger charge is 2.47. The molecule has 172 valence electrons. The average molecular weight is 448 g/mol. The van der Waals surface area contributed by atoms with Gasteiger partial charge in [-0.1, -0.05) is 6.07 Å². The summed E-state index contributed by atoms with van der Waals surface area (Å²) in [6.07, 6.45) is -2.61. The molecule has 5 nitrogen and oxygen atoms in total. The number of carbonyl (C=O) groups is 1. The molecule has 0 unspecified atom stereocenters. The van der Waals surface area contributed by atoms with Crippen LogP contribution in [0.15, 0.2) is 30.5 Å². The number of nitrogens with zero attached hydrogens (tertiary/aromatic N) is 3. The fourth-order valence-electron chi connectivity index (χ4n) is 5.03. The molecule has 3 atom stereocenters. The Balaban J connectivity index is 1.45. The van der Waals surface area contributed by atoms with Crippen LogP contribution in [0.25, 0.3) is 0 Å². The maximum absolute atomic E-state index is 12.9. The quantitative estimate of drug-likeness (QED) is 0.662. The fourth-order valence-corrected chi connectivity index (χ4v) is 5.03. The van der Waals surface area contributed by atoms with Crippen molar-refractivity contribution in [1.29, 1.82) is 0 Å². The largest absolute Gasteiger partial charge is 0.494 e. The second kappa shape index (κ2) is 8.39. The summed E-state index contributed by atoms with van der Waals surface area (Å²) in [5.41, 5.74) is 2.83.